The molecule has 1 fully saturated rings. The molecule has 0 aromatic rings. The highest BCUT2D eigenvalue weighted by atomic mass is 35.5. The van der Waals surface area contributed by atoms with Crippen molar-refractivity contribution in [3.8, 4) is 0 Å². The molecule has 3 atom stereocenters. The minimum Gasteiger partial charge on any atom is -0.358 e. The van der Waals surface area contributed by atoms with Crippen molar-refractivity contribution >= 4 is 17.5 Å². The Balaban J connectivity index is 0. The minimum absolute atomic E-state index is 0.109. The summed E-state index contributed by atoms with van der Waals surface area (Å²) in [6.07, 6.45) is 14.6. The second-order valence-electron chi connectivity index (χ2n) is 8.21. The number of amides is 1. The van der Waals surface area contributed by atoms with Crippen LogP contribution in [0.5, 0.6) is 0 Å². The molecule has 6 nitrogen and oxygen atoms in total. The number of nitrogens with two attached hydrogens (primary N) is 2. The number of piperidine rings is 1. The van der Waals surface area contributed by atoms with Gasteiger partial charge >= 0.3 is 0 Å². The normalized spacial score (nSPS) is 19.0. The van der Waals surface area contributed by atoms with Crippen molar-refractivity contribution < 1.29 is 4.79 Å². The number of carbonyl (C=O) groups is 1. The van der Waals surface area contributed by atoms with Gasteiger partial charge in [0, 0.05) is 43.7 Å². The van der Waals surface area contributed by atoms with Crippen LogP contribution in [0.25, 0.3) is 0 Å². The maximum atomic E-state index is 10.9. The Kier molecular flexibility index (Phi) is 22.6. The number of allylic oxidation sites excluding steroid dienone is 8. The second kappa shape index (κ2) is 22.5. The van der Waals surface area contributed by atoms with Gasteiger partial charge in [0.25, 0.3) is 0 Å². The summed E-state index contributed by atoms with van der Waals surface area (Å²) in [4.78, 5) is 13.3. The lowest BCUT2D eigenvalue weighted by molar-refractivity contribution is -0.122. The number of nitrogens with one attached hydrogen (secondary N) is 2. The van der Waals surface area contributed by atoms with Crippen molar-refractivity contribution in [2.24, 2.45) is 23.3 Å². The molecule has 200 valence electrons. The highest BCUT2D eigenvalue weighted by Crippen LogP contribution is 2.32. The second-order valence-corrected chi connectivity index (χ2v) is 8.65. The summed E-state index contributed by atoms with van der Waals surface area (Å²) in [5.41, 5.74) is 13.1. The molecular weight excluding hydrogens is 458 g/mol. The molecule has 1 amide bonds. The fraction of sp³-hybridized carbons (Fsp3) is 0.536. The Morgan fingerprint density at radius 1 is 1.34 bits per heavy atom. The molecule has 0 radical (unpaired) electrons. The lowest BCUT2D eigenvalue weighted by Gasteiger charge is -2.35. The molecule has 7 heteroatoms. The Hall–Kier alpha value is -1.96. The first-order valence-electron chi connectivity index (χ1n) is 12.4. The average Bonchev–Trinajstić information content (AvgIpc) is 2.84. The Morgan fingerprint density at radius 2 is 2.00 bits per heavy atom. The fourth-order valence-electron chi connectivity index (χ4n) is 3.50. The first kappa shape index (κ1) is 35.2. The third-order valence-electron chi connectivity index (χ3n) is 5.28. The van der Waals surface area contributed by atoms with Crippen LogP contribution in [0.1, 0.15) is 40.0 Å². The van der Waals surface area contributed by atoms with E-state index in [0.717, 1.165) is 43.1 Å². The van der Waals surface area contributed by atoms with E-state index in [1.165, 1.54) is 5.57 Å². The van der Waals surface area contributed by atoms with Crippen LogP contribution in [0.15, 0.2) is 72.4 Å². The summed E-state index contributed by atoms with van der Waals surface area (Å²) in [5, 5.41) is 6.20. The van der Waals surface area contributed by atoms with Gasteiger partial charge in [-0.15, -0.1) is 6.58 Å². The minimum atomic E-state index is -0.394. The summed E-state index contributed by atoms with van der Waals surface area (Å²) < 4.78 is 0. The molecule has 0 saturated carbocycles. The van der Waals surface area contributed by atoms with Crippen molar-refractivity contribution in [2.45, 2.75) is 46.1 Å². The van der Waals surface area contributed by atoms with Crippen LogP contribution >= 0.6 is 11.6 Å². The Morgan fingerprint density at radius 3 is 2.51 bits per heavy atom. The van der Waals surface area contributed by atoms with Gasteiger partial charge in [-0.2, -0.15) is 0 Å². The van der Waals surface area contributed by atoms with E-state index in [1.54, 1.807) is 13.1 Å². The summed E-state index contributed by atoms with van der Waals surface area (Å²) in [7, 11) is 3.74. The zero-order valence-corrected chi connectivity index (χ0v) is 23.4. The number of rotatable bonds is 12. The monoisotopic (exact) mass is 507 g/mol. The van der Waals surface area contributed by atoms with E-state index in [9.17, 15) is 4.79 Å². The Bertz CT molecular complexity index is 714. The highest BCUT2D eigenvalue weighted by Gasteiger charge is 2.26. The first-order chi connectivity index (χ1) is 16.7. The molecular formula is C28H50ClN5O. The molecule has 0 spiro atoms. The van der Waals surface area contributed by atoms with Crippen LogP contribution in [-0.2, 0) is 4.79 Å². The molecule has 0 aromatic carbocycles. The number of hydrogen-bond donors (Lipinski definition) is 4. The standard InChI is InChI=1S/C19H26ClN.C7H18N4O.C2H6/c1-6-8-9-16(7-2)19-14-21(5)11-10-17(19)13-18(20)12-15(3)4;1-10-7(12)6(9)3-2-4-11-5-8;1-2/h6-9,12-13,16,19H,1-3,10-11,14H2,4-5H3;6,11H,2-5,8-9H2,1H3,(H,10,12);1-2H3/b9-8?,17-13+,18-12+;;. The predicted molar refractivity (Wildman–Crippen MR) is 155 cm³/mol. The zero-order valence-electron chi connectivity index (χ0n) is 22.7. The van der Waals surface area contributed by atoms with E-state index in [0.29, 0.717) is 24.9 Å². The van der Waals surface area contributed by atoms with Gasteiger partial charge in [0.2, 0.25) is 5.91 Å². The van der Waals surface area contributed by atoms with Gasteiger partial charge in [-0.3, -0.25) is 4.79 Å². The summed E-state index contributed by atoms with van der Waals surface area (Å²) >= 11 is 6.31. The number of nitrogens with zero attached hydrogens (tertiary/aromatic N) is 1. The molecule has 1 aliphatic heterocycles. The molecule has 0 aliphatic carbocycles. The highest BCUT2D eigenvalue weighted by molar-refractivity contribution is 6.31. The largest absolute Gasteiger partial charge is 0.358 e. The molecule has 3 unspecified atom stereocenters. The number of likely N-dealkylation sites (N-methyl/N-ethyl adjacent to an activating group) is 1. The summed E-state index contributed by atoms with van der Waals surface area (Å²) in [6.45, 7) is 20.9. The van der Waals surface area contributed by atoms with Gasteiger partial charge in [-0.1, -0.05) is 74.1 Å². The van der Waals surface area contributed by atoms with E-state index < -0.39 is 6.04 Å². The van der Waals surface area contributed by atoms with Crippen LogP contribution in [0.3, 0.4) is 0 Å². The SMILES string of the molecule is C=CC=CC(C=C)C1CN(C)CC/C1=C\C(Cl)=C/C(=C)C.CC.CNC(=O)C(N)CCCNCN. The third kappa shape index (κ3) is 17.2. The van der Waals surface area contributed by atoms with E-state index in [2.05, 4.69) is 54.5 Å². The molecule has 0 bridgehead atoms. The van der Waals surface area contributed by atoms with Gasteiger partial charge < -0.3 is 27.0 Å². The lowest BCUT2D eigenvalue weighted by atomic mass is 9.81. The van der Waals surface area contributed by atoms with Crippen LogP contribution in [0, 0.1) is 11.8 Å². The zero-order chi connectivity index (χ0) is 27.2. The first-order valence-corrected chi connectivity index (χ1v) is 12.8. The molecule has 6 N–H and O–H groups in total. The number of carbonyl (C=O) groups excluding carboxylic acids is 1. The summed E-state index contributed by atoms with van der Waals surface area (Å²) in [5.74, 6) is 0.596. The number of halogens is 1. The number of likely N-dealkylation sites (tertiary alicyclic amines) is 1. The van der Waals surface area contributed by atoms with Crippen LogP contribution in [-0.4, -0.2) is 57.2 Å². The van der Waals surface area contributed by atoms with Crippen molar-refractivity contribution in [3.63, 3.8) is 0 Å². The maximum Gasteiger partial charge on any atom is 0.236 e. The van der Waals surface area contributed by atoms with E-state index in [1.807, 2.05) is 39.0 Å². The fourth-order valence-corrected chi connectivity index (χ4v) is 3.83. The van der Waals surface area contributed by atoms with Crippen LogP contribution in [0.4, 0.5) is 0 Å². The molecule has 1 saturated heterocycles. The Labute approximate surface area is 219 Å². The van der Waals surface area contributed by atoms with Crippen LogP contribution < -0.4 is 22.1 Å². The van der Waals surface area contributed by atoms with Gasteiger partial charge in [-0.05, 0) is 51.9 Å². The van der Waals surface area contributed by atoms with Crippen molar-refractivity contribution in [1.29, 1.82) is 0 Å². The smallest absolute Gasteiger partial charge is 0.236 e. The van der Waals surface area contributed by atoms with Crippen molar-refractivity contribution in [3.05, 3.63) is 72.4 Å². The number of hydrogen-bond acceptors (Lipinski definition) is 5. The molecule has 1 heterocycles. The van der Waals surface area contributed by atoms with E-state index >= 15 is 0 Å². The summed E-state index contributed by atoms with van der Waals surface area (Å²) in [6, 6.07) is -0.394. The van der Waals surface area contributed by atoms with E-state index in [-0.39, 0.29) is 5.91 Å². The lowest BCUT2D eigenvalue weighted by Crippen LogP contribution is -2.39. The molecule has 1 aliphatic rings. The van der Waals surface area contributed by atoms with E-state index in [4.69, 9.17) is 23.1 Å². The van der Waals surface area contributed by atoms with Gasteiger partial charge in [-0.25, -0.2) is 0 Å². The van der Waals surface area contributed by atoms with Gasteiger partial charge in [0.05, 0.1) is 6.04 Å². The van der Waals surface area contributed by atoms with Gasteiger partial charge in [0.15, 0.2) is 0 Å². The molecule has 0 aromatic heterocycles. The quantitative estimate of drug-likeness (QED) is 0.135. The predicted octanol–water partition coefficient (Wildman–Crippen LogP) is 4.48. The third-order valence-corrected chi connectivity index (χ3v) is 5.50. The van der Waals surface area contributed by atoms with Gasteiger partial charge in [0.1, 0.15) is 0 Å². The maximum absolute atomic E-state index is 10.9. The van der Waals surface area contributed by atoms with Crippen LogP contribution in [0.2, 0.25) is 0 Å². The topological polar surface area (TPSA) is 96.4 Å². The average molecular weight is 508 g/mol. The molecule has 1 rings (SSSR count). The van der Waals surface area contributed by atoms with Crippen molar-refractivity contribution in [2.75, 3.05) is 40.4 Å². The molecule has 35 heavy (non-hydrogen) atoms. The van der Waals surface area contributed by atoms with Crippen molar-refractivity contribution in [1.82, 2.24) is 15.5 Å².